The lowest BCUT2D eigenvalue weighted by atomic mass is 10.0. The topological polar surface area (TPSA) is 92.7 Å². The van der Waals surface area contributed by atoms with Gasteiger partial charge in [0.05, 0.1) is 13.7 Å². The molecule has 6 nitrogen and oxygen atoms in total. The van der Waals surface area contributed by atoms with E-state index in [-0.39, 0.29) is 24.2 Å². The van der Waals surface area contributed by atoms with Crippen LogP contribution in [-0.4, -0.2) is 54.0 Å². The number of esters is 1. The van der Waals surface area contributed by atoms with Crippen molar-refractivity contribution >= 4 is 29.4 Å². The van der Waals surface area contributed by atoms with Crippen LogP contribution in [0.3, 0.4) is 0 Å². The average molecular weight is 414 g/mol. The van der Waals surface area contributed by atoms with E-state index >= 15 is 0 Å². The van der Waals surface area contributed by atoms with Crippen LogP contribution in [0, 0.1) is 5.92 Å². The van der Waals surface area contributed by atoms with Crippen LogP contribution in [0.15, 0.2) is 23.3 Å². The van der Waals surface area contributed by atoms with Crippen LogP contribution in [0.2, 0.25) is 0 Å². The Morgan fingerprint density at radius 2 is 1.68 bits per heavy atom. The molecular weight excluding hydrogens is 378 g/mol. The molecule has 0 rings (SSSR count). The Morgan fingerprint density at radius 1 is 1.04 bits per heavy atom. The smallest absolute Gasteiger partial charge is 0.329 e. The molecule has 1 amide bonds. The first-order valence-electron chi connectivity index (χ1n) is 9.58. The fraction of sp³-hybridized carbons (Fsp3) is 0.667. The first kappa shape index (κ1) is 26.4. The van der Waals surface area contributed by atoms with Crippen molar-refractivity contribution in [2.24, 2.45) is 5.92 Å². The molecule has 0 fully saturated rings. The summed E-state index contributed by atoms with van der Waals surface area (Å²) in [6.45, 7) is 7.35. The van der Waals surface area contributed by atoms with Crippen molar-refractivity contribution in [3.63, 3.8) is 0 Å². The van der Waals surface area contributed by atoms with Crippen LogP contribution >= 0.6 is 11.8 Å². The first-order chi connectivity index (χ1) is 13.2. The van der Waals surface area contributed by atoms with Gasteiger partial charge < -0.3 is 15.2 Å². The minimum atomic E-state index is -0.691. The van der Waals surface area contributed by atoms with Gasteiger partial charge >= 0.3 is 5.97 Å². The number of aliphatic hydroxyl groups is 1. The molecule has 0 saturated heterocycles. The Balaban J connectivity index is 4.25. The van der Waals surface area contributed by atoms with Gasteiger partial charge in [-0.1, -0.05) is 30.2 Å². The van der Waals surface area contributed by atoms with Gasteiger partial charge in [0, 0.05) is 30.8 Å². The first-order valence-corrected chi connectivity index (χ1v) is 10.7. The predicted molar refractivity (Wildman–Crippen MR) is 114 cm³/mol. The highest BCUT2D eigenvalue weighted by Crippen LogP contribution is 2.16. The number of hydrogen-bond acceptors (Lipinski definition) is 6. The highest BCUT2D eigenvalue weighted by atomic mass is 32.2. The number of Topliss-reactive ketones (excluding diaryl/α,β-unsaturated/α-hetero) is 1. The molecule has 0 aliphatic carbocycles. The number of thioether (sulfide) groups is 1. The SMILES string of the molecule is COC(=O)[C@H](CSCC(C)C(=O)CC/C(C)=C\CC/C(C)=C\CO)NC(C)=O. The number of nitrogens with one attached hydrogen (secondary N) is 1. The Morgan fingerprint density at radius 3 is 2.25 bits per heavy atom. The van der Waals surface area contributed by atoms with Crippen LogP contribution in [-0.2, 0) is 19.1 Å². The Hall–Kier alpha value is -1.60. The second kappa shape index (κ2) is 15.3. The third kappa shape index (κ3) is 12.7. The minimum Gasteiger partial charge on any atom is -0.467 e. The quantitative estimate of drug-likeness (QED) is 0.336. The zero-order valence-electron chi connectivity index (χ0n) is 17.7. The van der Waals surface area contributed by atoms with Crippen LogP contribution in [0.1, 0.15) is 53.4 Å². The van der Waals surface area contributed by atoms with Crippen molar-refractivity contribution in [1.82, 2.24) is 5.32 Å². The summed E-state index contributed by atoms with van der Waals surface area (Å²) in [5, 5.41) is 11.4. The molecule has 1 unspecified atom stereocenters. The molecular formula is C21H35NO5S. The highest BCUT2D eigenvalue weighted by Gasteiger charge is 2.21. The number of hydrogen-bond donors (Lipinski definition) is 2. The number of carbonyl (C=O) groups excluding carboxylic acids is 3. The van der Waals surface area contributed by atoms with Crippen molar-refractivity contribution < 1.29 is 24.2 Å². The maximum absolute atomic E-state index is 12.3. The second-order valence-electron chi connectivity index (χ2n) is 7.00. The molecule has 0 aromatic carbocycles. The molecule has 0 spiro atoms. The summed E-state index contributed by atoms with van der Waals surface area (Å²) in [5.74, 6) is 0.299. The molecule has 0 saturated carbocycles. The van der Waals surface area contributed by atoms with Crippen molar-refractivity contribution in [3.8, 4) is 0 Å². The van der Waals surface area contributed by atoms with E-state index < -0.39 is 12.0 Å². The number of rotatable bonds is 14. The van der Waals surface area contributed by atoms with Gasteiger partial charge in [0.1, 0.15) is 11.8 Å². The van der Waals surface area contributed by atoms with E-state index in [4.69, 9.17) is 5.11 Å². The monoisotopic (exact) mass is 413 g/mol. The van der Waals surface area contributed by atoms with E-state index in [1.165, 1.54) is 31.4 Å². The number of ether oxygens (including phenoxy) is 1. The highest BCUT2D eigenvalue weighted by molar-refractivity contribution is 7.99. The van der Waals surface area contributed by atoms with Crippen LogP contribution in [0.25, 0.3) is 0 Å². The van der Waals surface area contributed by atoms with Crippen molar-refractivity contribution in [3.05, 3.63) is 23.3 Å². The average Bonchev–Trinajstić information content (AvgIpc) is 2.64. The van der Waals surface area contributed by atoms with Crippen LogP contribution < -0.4 is 5.32 Å². The molecule has 0 aliphatic rings. The van der Waals surface area contributed by atoms with E-state index in [0.717, 1.165) is 24.8 Å². The van der Waals surface area contributed by atoms with Crippen molar-refractivity contribution in [1.29, 1.82) is 0 Å². The molecule has 0 aromatic heterocycles. The van der Waals surface area contributed by atoms with Gasteiger partial charge in [-0.15, -0.1) is 0 Å². The molecule has 0 aromatic rings. The number of ketones is 1. The largest absolute Gasteiger partial charge is 0.467 e. The molecule has 0 heterocycles. The molecule has 2 atom stereocenters. The van der Waals surface area contributed by atoms with Gasteiger partial charge in [0.15, 0.2) is 0 Å². The van der Waals surface area contributed by atoms with Gasteiger partial charge in [-0.05, 0) is 33.1 Å². The van der Waals surface area contributed by atoms with Crippen LogP contribution in [0.4, 0.5) is 0 Å². The fourth-order valence-corrected chi connectivity index (χ4v) is 3.62. The van der Waals surface area contributed by atoms with Gasteiger partial charge in [0.2, 0.25) is 5.91 Å². The number of carbonyl (C=O) groups is 3. The molecule has 160 valence electrons. The third-order valence-corrected chi connectivity index (χ3v) is 5.61. The zero-order valence-corrected chi connectivity index (χ0v) is 18.6. The summed E-state index contributed by atoms with van der Waals surface area (Å²) in [4.78, 5) is 35.2. The lowest BCUT2D eigenvalue weighted by Crippen LogP contribution is -2.42. The Bertz CT molecular complexity index is 571. The molecule has 0 radical (unpaired) electrons. The summed E-state index contributed by atoms with van der Waals surface area (Å²) in [6, 6.07) is -0.691. The van der Waals surface area contributed by atoms with E-state index in [1.54, 1.807) is 0 Å². The Kier molecular flexibility index (Phi) is 14.5. The van der Waals surface area contributed by atoms with Crippen LogP contribution in [0.5, 0.6) is 0 Å². The molecule has 7 heteroatoms. The number of allylic oxidation sites excluding steroid dienone is 3. The zero-order chi connectivity index (χ0) is 21.5. The van der Waals surface area contributed by atoms with Gasteiger partial charge in [0.25, 0.3) is 0 Å². The van der Waals surface area contributed by atoms with Crippen molar-refractivity contribution in [2.45, 2.75) is 59.4 Å². The normalized spacial score (nSPS) is 14.4. The lowest BCUT2D eigenvalue weighted by Gasteiger charge is -2.16. The third-order valence-electron chi connectivity index (χ3n) is 4.30. The maximum Gasteiger partial charge on any atom is 0.329 e. The second-order valence-corrected chi connectivity index (χ2v) is 8.08. The molecule has 2 N–H and O–H groups in total. The van der Waals surface area contributed by atoms with Gasteiger partial charge in [-0.3, -0.25) is 9.59 Å². The standard InChI is InChI=1S/C21H35NO5S/c1-15(7-6-8-16(2)11-12-23)9-10-20(25)17(3)13-28-14-19(21(26)27-5)22-18(4)24/h7,11,17,19,23H,6,8-10,12-14H2,1-5H3,(H,22,24)/b15-7-,16-11-/t17?,19-/m0/s1. The Labute approximate surface area is 173 Å². The van der Waals surface area contributed by atoms with E-state index in [0.29, 0.717) is 17.9 Å². The van der Waals surface area contributed by atoms with E-state index in [2.05, 4.69) is 16.1 Å². The van der Waals surface area contributed by atoms with E-state index in [9.17, 15) is 14.4 Å². The van der Waals surface area contributed by atoms with Gasteiger partial charge in [-0.2, -0.15) is 11.8 Å². The number of aliphatic hydroxyl groups excluding tert-OH is 1. The van der Waals surface area contributed by atoms with Gasteiger partial charge in [-0.25, -0.2) is 4.79 Å². The summed E-state index contributed by atoms with van der Waals surface area (Å²) in [7, 11) is 1.29. The summed E-state index contributed by atoms with van der Waals surface area (Å²) in [5.41, 5.74) is 2.36. The summed E-state index contributed by atoms with van der Waals surface area (Å²) >= 11 is 1.46. The maximum atomic E-state index is 12.3. The lowest BCUT2D eigenvalue weighted by molar-refractivity contribution is -0.144. The van der Waals surface area contributed by atoms with E-state index in [1.807, 2.05) is 26.8 Å². The molecule has 0 bridgehead atoms. The predicted octanol–water partition coefficient (Wildman–Crippen LogP) is 3.05. The number of amides is 1. The molecule has 0 aliphatic heterocycles. The number of methoxy groups -OCH3 is 1. The minimum absolute atomic E-state index is 0.0735. The molecule has 28 heavy (non-hydrogen) atoms. The summed E-state index contributed by atoms with van der Waals surface area (Å²) in [6.07, 6.45) is 7.02. The fourth-order valence-electron chi connectivity index (χ4n) is 2.48. The summed E-state index contributed by atoms with van der Waals surface area (Å²) < 4.78 is 4.69. The van der Waals surface area contributed by atoms with Crippen molar-refractivity contribution in [2.75, 3.05) is 25.2 Å².